The summed E-state index contributed by atoms with van der Waals surface area (Å²) in [5, 5.41) is 3.43. The van der Waals surface area contributed by atoms with Crippen LogP contribution in [0, 0.1) is 5.41 Å². The first-order valence-electron chi connectivity index (χ1n) is 6.55. The molecule has 1 aromatic rings. The van der Waals surface area contributed by atoms with Crippen LogP contribution in [0.25, 0.3) is 0 Å². The molecule has 0 aliphatic heterocycles. The maximum absolute atomic E-state index is 5.68. The Balaban J connectivity index is 1.94. The first-order chi connectivity index (χ1) is 8.23. The number of nitrogens with zero attached hydrogens (tertiary/aromatic N) is 1. The smallest absolute Gasteiger partial charge is 0.168 e. The molecule has 1 N–H and O–H groups in total. The molecule has 1 aromatic heterocycles. The van der Waals surface area contributed by atoms with E-state index in [2.05, 4.69) is 24.1 Å². The van der Waals surface area contributed by atoms with E-state index >= 15 is 0 Å². The average molecular weight is 234 g/mol. The zero-order valence-corrected chi connectivity index (χ0v) is 10.8. The van der Waals surface area contributed by atoms with Crippen molar-refractivity contribution in [1.29, 1.82) is 0 Å². The van der Waals surface area contributed by atoms with E-state index < -0.39 is 0 Å². The molecule has 3 nitrogen and oxygen atoms in total. The lowest BCUT2D eigenvalue weighted by Gasteiger charge is -2.38. The highest BCUT2D eigenvalue weighted by Gasteiger charge is 2.31. The van der Waals surface area contributed by atoms with Gasteiger partial charge in [0.25, 0.3) is 0 Å². The van der Waals surface area contributed by atoms with Gasteiger partial charge in [0.05, 0.1) is 6.61 Å². The monoisotopic (exact) mass is 234 g/mol. The van der Waals surface area contributed by atoms with Gasteiger partial charge in [0.2, 0.25) is 0 Å². The third-order valence-corrected chi connectivity index (χ3v) is 3.48. The van der Waals surface area contributed by atoms with Crippen molar-refractivity contribution in [1.82, 2.24) is 4.98 Å². The zero-order valence-electron chi connectivity index (χ0n) is 10.8. The lowest BCUT2D eigenvalue weighted by Crippen LogP contribution is -2.33. The van der Waals surface area contributed by atoms with Crippen LogP contribution in [-0.2, 0) is 0 Å². The summed E-state index contributed by atoms with van der Waals surface area (Å²) in [6.45, 7) is 6.18. The first kappa shape index (κ1) is 12.2. The third-order valence-electron chi connectivity index (χ3n) is 3.48. The van der Waals surface area contributed by atoms with Crippen molar-refractivity contribution < 1.29 is 4.74 Å². The number of nitrogens with one attached hydrogen (secondary N) is 1. The lowest BCUT2D eigenvalue weighted by atomic mass is 9.70. The van der Waals surface area contributed by atoms with Gasteiger partial charge in [-0.2, -0.15) is 0 Å². The minimum Gasteiger partial charge on any atom is -0.490 e. The SMILES string of the molecule is CCCOc1cccnc1NCC1(C)CCC1. The Hall–Kier alpha value is -1.25. The highest BCUT2D eigenvalue weighted by Crippen LogP contribution is 2.40. The fraction of sp³-hybridized carbons (Fsp3) is 0.643. The molecule has 17 heavy (non-hydrogen) atoms. The lowest BCUT2D eigenvalue weighted by molar-refractivity contribution is 0.179. The molecule has 0 saturated heterocycles. The van der Waals surface area contributed by atoms with Gasteiger partial charge in [0.1, 0.15) is 0 Å². The normalized spacial score (nSPS) is 17.3. The molecule has 1 saturated carbocycles. The van der Waals surface area contributed by atoms with Gasteiger partial charge in [0.15, 0.2) is 11.6 Å². The molecule has 94 valence electrons. The van der Waals surface area contributed by atoms with E-state index in [1.807, 2.05) is 18.3 Å². The maximum Gasteiger partial charge on any atom is 0.168 e. The van der Waals surface area contributed by atoms with Crippen LogP contribution in [-0.4, -0.2) is 18.1 Å². The number of rotatable bonds is 6. The molecule has 2 rings (SSSR count). The number of anilines is 1. The second-order valence-corrected chi connectivity index (χ2v) is 5.22. The molecule has 0 spiro atoms. The van der Waals surface area contributed by atoms with Crippen LogP contribution in [0.3, 0.4) is 0 Å². The van der Waals surface area contributed by atoms with Crippen LogP contribution in [0.15, 0.2) is 18.3 Å². The van der Waals surface area contributed by atoms with Crippen molar-refractivity contribution in [3.05, 3.63) is 18.3 Å². The van der Waals surface area contributed by atoms with E-state index in [9.17, 15) is 0 Å². The quantitative estimate of drug-likeness (QED) is 0.818. The van der Waals surface area contributed by atoms with Gasteiger partial charge in [-0.1, -0.05) is 20.3 Å². The van der Waals surface area contributed by atoms with Crippen molar-refractivity contribution in [3.8, 4) is 5.75 Å². The summed E-state index contributed by atoms with van der Waals surface area (Å²) in [6, 6.07) is 3.90. The van der Waals surface area contributed by atoms with Gasteiger partial charge in [-0.05, 0) is 36.8 Å². The molecule has 0 bridgehead atoms. The molecular weight excluding hydrogens is 212 g/mol. The Morgan fingerprint density at radius 2 is 2.29 bits per heavy atom. The number of aromatic nitrogens is 1. The Bertz CT molecular complexity index is 361. The molecule has 1 heterocycles. The molecule has 0 radical (unpaired) electrons. The summed E-state index contributed by atoms with van der Waals surface area (Å²) in [5.41, 5.74) is 0.458. The highest BCUT2D eigenvalue weighted by atomic mass is 16.5. The molecule has 3 heteroatoms. The highest BCUT2D eigenvalue weighted by molar-refractivity contribution is 5.49. The Morgan fingerprint density at radius 1 is 1.47 bits per heavy atom. The molecule has 0 amide bonds. The second kappa shape index (κ2) is 5.39. The van der Waals surface area contributed by atoms with E-state index in [1.165, 1.54) is 19.3 Å². The maximum atomic E-state index is 5.68. The van der Waals surface area contributed by atoms with E-state index in [1.54, 1.807) is 0 Å². The third kappa shape index (κ3) is 3.11. The van der Waals surface area contributed by atoms with Crippen LogP contribution < -0.4 is 10.1 Å². The average Bonchev–Trinajstić information content (AvgIpc) is 2.32. The fourth-order valence-corrected chi connectivity index (χ4v) is 2.11. The molecular formula is C14H22N2O. The summed E-state index contributed by atoms with van der Waals surface area (Å²) in [6.07, 6.45) is 6.83. The van der Waals surface area contributed by atoms with Crippen molar-refractivity contribution in [2.45, 2.75) is 39.5 Å². The predicted octanol–water partition coefficient (Wildman–Crippen LogP) is 3.47. The van der Waals surface area contributed by atoms with Crippen molar-refractivity contribution in [2.24, 2.45) is 5.41 Å². The molecule has 1 aliphatic carbocycles. The van der Waals surface area contributed by atoms with E-state index in [0.29, 0.717) is 5.41 Å². The Kier molecular flexibility index (Phi) is 3.87. The van der Waals surface area contributed by atoms with Gasteiger partial charge in [-0.3, -0.25) is 0 Å². The minimum atomic E-state index is 0.458. The van der Waals surface area contributed by atoms with Crippen LogP contribution in [0.4, 0.5) is 5.82 Å². The summed E-state index contributed by atoms with van der Waals surface area (Å²) in [7, 11) is 0. The second-order valence-electron chi connectivity index (χ2n) is 5.22. The van der Waals surface area contributed by atoms with Crippen molar-refractivity contribution in [2.75, 3.05) is 18.5 Å². The molecule has 0 unspecified atom stereocenters. The summed E-state index contributed by atoms with van der Waals surface area (Å²) >= 11 is 0. The van der Waals surface area contributed by atoms with Crippen molar-refractivity contribution >= 4 is 5.82 Å². The first-order valence-corrected chi connectivity index (χ1v) is 6.55. The number of hydrogen-bond acceptors (Lipinski definition) is 3. The molecule has 1 fully saturated rings. The largest absolute Gasteiger partial charge is 0.490 e. The van der Waals surface area contributed by atoms with Gasteiger partial charge < -0.3 is 10.1 Å². The van der Waals surface area contributed by atoms with E-state index in [4.69, 9.17) is 4.74 Å². The van der Waals surface area contributed by atoms with Crippen molar-refractivity contribution in [3.63, 3.8) is 0 Å². The Labute approximate surface area is 104 Å². The van der Waals surface area contributed by atoms with Crippen LogP contribution >= 0.6 is 0 Å². The van der Waals surface area contributed by atoms with Crippen LogP contribution in [0.5, 0.6) is 5.75 Å². The Morgan fingerprint density at radius 3 is 2.94 bits per heavy atom. The predicted molar refractivity (Wildman–Crippen MR) is 70.5 cm³/mol. The van der Waals surface area contributed by atoms with Crippen LogP contribution in [0.1, 0.15) is 39.5 Å². The molecule has 0 aromatic carbocycles. The summed E-state index contributed by atoms with van der Waals surface area (Å²) in [4.78, 5) is 4.36. The summed E-state index contributed by atoms with van der Waals surface area (Å²) in [5.74, 6) is 1.76. The van der Waals surface area contributed by atoms with Gasteiger partial charge in [-0.25, -0.2) is 4.98 Å². The fourth-order valence-electron chi connectivity index (χ4n) is 2.11. The van der Waals surface area contributed by atoms with Crippen LogP contribution in [0.2, 0.25) is 0 Å². The summed E-state index contributed by atoms with van der Waals surface area (Å²) < 4.78 is 5.68. The minimum absolute atomic E-state index is 0.458. The zero-order chi connectivity index (χ0) is 12.1. The number of hydrogen-bond donors (Lipinski definition) is 1. The number of pyridine rings is 1. The van der Waals surface area contributed by atoms with Gasteiger partial charge in [-0.15, -0.1) is 0 Å². The topological polar surface area (TPSA) is 34.1 Å². The van der Waals surface area contributed by atoms with E-state index in [0.717, 1.165) is 31.1 Å². The van der Waals surface area contributed by atoms with Gasteiger partial charge >= 0.3 is 0 Å². The van der Waals surface area contributed by atoms with Gasteiger partial charge in [0, 0.05) is 12.7 Å². The molecule has 0 atom stereocenters. The molecule has 1 aliphatic rings. The van der Waals surface area contributed by atoms with E-state index in [-0.39, 0.29) is 0 Å². The standard InChI is InChI=1S/C14H22N2O/c1-3-10-17-12-6-4-9-15-13(12)16-11-14(2)7-5-8-14/h4,6,9H,3,5,7-8,10-11H2,1-2H3,(H,15,16). The number of ether oxygens (including phenoxy) is 1.